The molecule has 0 aliphatic heterocycles. The summed E-state index contributed by atoms with van der Waals surface area (Å²) in [5, 5.41) is 13.2. The third-order valence-corrected chi connectivity index (χ3v) is 2.74. The molecule has 2 rings (SSSR count). The summed E-state index contributed by atoms with van der Waals surface area (Å²) in [6.07, 6.45) is 1.64. The Kier molecular flexibility index (Phi) is 4.57. The van der Waals surface area contributed by atoms with E-state index in [-0.39, 0.29) is 17.9 Å². The summed E-state index contributed by atoms with van der Waals surface area (Å²) in [5.41, 5.74) is -0.00852. The first kappa shape index (κ1) is 14.3. The van der Waals surface area contributed by atoms with Gasteiger partial charge in [0.1, 0.15) is 11.3 Å². The van der Waals surface area contributed by atoms with Gasteiger partial charge < -0.3 is 14.4 Å². The zero-order chi connectivity index (χ0) is 14.5. The molecule has 0 aliphatic rings. The lowest BCUT2D eigenvalue weighted by atomic mass is 10.2. The Morgan fingerprint density at radius 2 is 2.30 bits per heavy atom. The molecule has 0 atom stereocenters. The van der Waals surface area contributed by atoms with Gasteiger partial charge in [-0.05, 0) is 24.6 Å². The molecule has 0 bridgehead atoms. The lowest BCUT2D eigenvalue weighted by Crippen LogP contribution is -2.03. The van der Waals surface area contributed by atoms with Gasteiger partial charge in [0.15, 0.2) is 12.4 Å². The molecule has 0 spiro atoms. The number of nitrogens with zero attached hydrogens (tertiary/aromatic N) is 2. The molecular weight excluding hydrogens is 284 g/mol. The molecule has 0 saturated heterocycles. The molecule has 1 heterocycles. The van der Waals surface area contributed by atoms with E-state index >= 15 is 0 Å². The number of carboxylic acids is 1. The van der Waals surface area contributed by atoms with Crippen molar-refractivity contribution < 1.29 is 19.2 Å². The van der Waals surface area contributed by atoms with Crippen LogP contribution < -0.4 is 4.74 Å². The molecule has 0 radical (unpaired) electrons. The van der Waals surface area contributed by atoms with Crippen LogP contribution in [0.4, 0.5) is 0 Å². The van der Waals surface area contributed by atoms with Crippen molar-refractivity contribution in [1.82, 2.24) is 10.1 Å². The van der Waals surface area contributed by atoms with Gasteiger partial charge in [-0.15, -0.1) is 0 Å². The molecule has 1 aromatic heterocycles. The highest BCUT2D eigenvalue weighted by atomic mass is 35.5. The molecule has 1 aromatic carbocycles. The Morgan fingerprint density at radius 1 is 1.50 bits per heavy atom. The van der Waals surface area contributed by atoms with E-state index in [1.165, 1.54) is 12.1 Å². The van der Waals surface area contributed by atoms with Crippen LogP contribution in [0.2, 0.25) is 5.02 Å². The summed E-state index contributed by atoms with van der Waals surface area (Å²) in [4.78, 5) is 15.2. The van der Waals surface area contributed by atoms with Gasteiger partial charge in [-0.1, -0.05) is 23.7 Å². The van der Waals surface area contributed by atoms with Crippen LogP contribution in [0.25, 0.3) is 0 Å². The van der Waals surface area contributed by atoms with Crippen molar-refractivity contribution in [2.75, 3.05) is 0 Å². The van der Waals surface area contributed by atoms with Crippen molar-refractivity contribution in [2.24, 2.45) is 0 Å². The predicted octanol–water partition coefficient (Wildman–Crippen LogP) is 2.95. The van der Waals surface area contributed by atoms with Crippen LogP contribution in [-0.2, 0) is 13.0 Å². The molecule has 20 heavy (non-hydrogen) atoms. The molecule has 0 unspecified atom stereocenters. The molecule has 7 heteroatoms. The van der Waals surface area contributed by atoms with E-state index in [2.05, 4.69) is 10.1 Å². The Hall–Kier alpha value is -2.08. The van der Waals surface area contributed by atoms with E-state index in [9.17, 15) is 4.79 Å². The van der Waals surface area contributed by atoms with Crippen LogP contribution in [0.3, 0.4) is 0 Å². The number of halogens is 1. The second-order valence-electron chi connectivity index (χ2n) is 4.09. The number of rotatable bonds is 6. The molecule has 106 valence electrons. The fourth-order valence-corrected chi connectivity index (χ4v) is 1.78. The maximum absolute atomic E-state index is 11.1. The number of aromatic carboxylic acids is 1. The molecule has 1 N–H and O–H groups in total. The number of aromatic nitrogens is 2. The van der Waals surface area contributed by atoms with Gasteiger partial charge in [-0.2, -0.15) is 4.98 Å². The second-order valence-corrected chi connectivity index (χ2v) is 4.53. The van der Waals surface area contributed by atoms with Crippen molar-refractivity contribution in [3.63, 3.8) is 0 Å². The van der Waals surface area contributed by atoms with Crippen molar-refractivity contribution in [3.8, 4) is 5.75 Å². The summed E-state index contributed by atoms with van der Waals surface area (Å²) < 4.78 is 10.4. The van der Waals surface area contributed by atoms with Gasteiger partial charge in [0, 0.05) is 11.4 Å². The van der Waals surface area contributed by atoms with E-state index in [1.54, 1.807) is 6.07 Å². The lowest BCUT2D eigenvalue weighted by molar-refractivity contribution is 0.0691. The summed E-state index contributed by atoms with van der Waals surface area (Å²) in [6.45, 7) is 2.03. The number of benzene rings is 1. The summed E-state index contributed by atoms with van der Waals surface area (Å²) >= 11 is 5.76. The maximum atomic E-state index is 11.1. The molecule has 2 aromatic rings. The topological polar surface area (TPSA) is 85.5 Å². The van der Waals surface area contributed by atoms with Gasteiger partial charge in [-0.3, -0.25) is 0 Å². The number of carboxylic acid groups (broad SMARTS) is 1. The maximum Gasteiger partial charge on any atom is 0.339 e. The first-order valence-corrected chi connectivity index (χ1v) is 6.45. The van der Waals surface area contributed by atoms with E-state index < -0.39 is 5.97 Å². The Balaban J connectivity index is 2.08. The molecular formula is C13H13ClN2O4. The minimum atomic E-state index is -1.11. The SMILES string of the molecule is CCCc1noc(COc2ccc(Cl)cc2C(=O)O)n1. The monoisotopic (exact) mass is 296 g/mol. The Bertz CT molecular complexity index is 612. The average molecular weight is 297 g/mol. The number of hydrogen-bond donors (Lipinski definition) is 1. The molecule has 0 amide bonds. The lowest BCUT2D eigenvalue weighted by Gasteiger charge is -2.07. The number of ether oxygens (including phenoxy) is 1. The minimum absolute atomic E-state index is 0.00852. The third-order valence-electron chi connectivity index (χ3n) is 2.51. The van der Waals surface area contributed by atoms with Gasteiger partial charge in [0.2, 0.25) is 0 Å². The predicted molar refractivity (Wildman–Crippen MR) is 71.0 cm³/mol. The standard InChI is InChI=1S/C13H13ClN2O4/c1-2-3-11-15-12(20-16-11)7-19-10-5-4-8(14)6-9(10)13(17)18/h4-6H,2-3,7H2,1H3,(H,17,18). The van der Waals surface area contributed by atoms with Crippen LogP contribution in [0.15, 0.2) is 22.7 Å². The van der Waals surface area contributed by atoms with Gasteiger partial charge in [0.05, 0.1) is 0 Å². The first-order chi connectivity index (χ1) is 9.60. The van der Waals surface area contributed by atoms with E-state index in [0.29, 0.717) is 16.7 Å². The Labute approximate surface area is 120 Å². The van der Waals surface area contributed by atoms with Crippen molar-refractivity contribution >= 4 is 17.6 Å². The van der Waals surface area contributed by atoms with Crippen LogP contribution in [0.1, 0.15) is 35.4 Å². The van der Waals surface area contributed by atoms with E-state index in [4.69, 9.17) is 26.0 Å². The average Bonchev–Trinajstić information content (AvgIpc) is 2.85. The highest BCUT2D eigenvalue weighted by Gasteiger charge is 2.13. The highest BCUT2D eigenvalue weighted by Crippen LogP contribution is 2.23. The highest BCUT2D eigenvalue weighted by molar-refractivity contribution is 6.31. The largest absolute Gasteiger partial charge is 0.483 e. The summed E-state index contributed by atoms with van der Waals surface area (Å²) in [5.74, 6) is 0.0113. The van der Waals surface area contributed by atoms with Crippen LogP contribution in [0.5, 0.6) is 5.75 Å². The van der Waals surface area contributed by atoms with Gasteiger partial charge in [-0.25, -0.2) is 4.79 Å². The summed E-state index contributed by atoms with van der Waals surface area (Å²) in [7, 11) is 0. The van der Waals surface area contributed by atoms with Gasteiger partial charge >= 0.3 is 5.97 Å². The molecule has 6 nitrogen and oxygen atoms in total. The van der Waals surface area contributed by atoms with Crippen molar-refractivity contribution in [1.29, 1.82) is 0 Å². The number of carbonyl (C=O) groups is 1. The minimum Gasteiger partial charge on any atom is -0.483 e. The zero-order valence-corrected chi connectivity index (χ0v) is 11.6. The molecule has 0 fully saturated rings. The summed E-state index contributed by atoms with van der Waals surface area (Å²) in [6, 6.07) is 4.38. The second kappa shape index (κ2) is 6.38. The van der Waals surface area contributed by atoms with Crippen molar-refractivity contribution in [2.45, 2.75) is 26.4 Å². The molecule has 0 saturated carbocycles. The third kappa shape index (κ3) is 3.48. The fraction of sp³-hybridized carbons (Fsp3) is 0.308. The van der Waals surface area contributed by atoms with Gasteiger partial charge in [0.25, 0.3) is 5.89 Å². The zero-order valence-electron chi connectivity index (χ0n) is 10.8. The number of aryl methyl sites for hydroxylation is 1. The van der Waals surface area contributed by atoms with Crippen LogP contribution >= 0.6 is 11.6 Å². The normalized spacial score (nSPS) is 10.5. The fourth-order valence-electron chi connectivity index (χ4n) is 1.61. The van der Waals surface area contributed by atoms with Crippen molar-refractivity contribution in [3.05, 3.63) is 40.5 Å². The smallest absolute Gasteiger partial charge is 0.339 e. The van der Waals surface area contributed by atoms with E-state index in [1.807, 2.05) is 6.92 Å². The molecule has 0 aliphatic carbocycles. The van der Waals surface area contributed by atoms with Crippen LogP contribution in [-0.4, -0.2) is 21.2 Å². The number of hydrogen-bond acceptors (Lipinski definition) is 5. The Morgan fingerprint density at radius 3 is 3.00 bits per heavy atom. The quantitative estimate of drug-likeness (QED) is 0.882. The van der Waals surface area contributed by atoms with Crippen LogP contribution in [0, 0.1) is 0 Å². The first-order valence-electron chi connectivity index (χ1n) is 6.07. The van der Waals surface area contributed by atoms with E-state index in [0.717, 1.165) is 12.8 Å².